The smallest absolute Gasteiger partial charge is 0.191 e. The van der Waals surface area contributed by atoms with Gasteiger partial charge in [0, 0.05) is 6.20 Å². The molecule has 0 radical (unpaired) electrons. The summed E-state index contributed by atoms with van der Waals surface area (Å²) in [5.74, 6) is 1.69. The van der Waals surface area contributed by atoms with Crippen molar-refractivity contribution in [3.8, 4) is 23.0 Å². The van der Waals surface area contributed by atoms with Gasteiger partial charge in [-0.25, -0.2) is 4.98 Å². The van der Waals surface area contributed by atoms with Crippen LogP contribution in [0.25, 0.3) is 22.6 Å². The molecule has 5 aromatic rings. The lowest BCUT2D eigenvalue weighted by Crippen LogP contribution is -2.34. The maximum absolute atomic E-state index is 14.4. The summed E-state index contributed by atoms with van der Waals surface area (Å²) >= 11 is 12.8. The number of hydrogen-bond acceptors (Lipinski definition) is 4. The van der Waals surface area contributed by atoms with E-state index in [1.54, 1.807) is 38.5 Å². The van der Waals surface area contributed by atoms with Gasteiger partial charge in [-0.3, -0.25) is 4.79 Å². The van der Waals surface area contributed by atoms with E-state index in [1.807, 2.05) is 59.3 Å². The van der Waals surface area contributed by atoms with Gasteiger partial charge < -0.3 is 18.6 Å². The van der Waals surface area contributed by atoms with Crippen LogP contribution in [0.5, 0.6) is 11.5 Å². The number of carbonyl (C=O) groups excluding carboxylic acids is 1. The summed E-state index contributed by atoms with van der Waals surface area (Å²) in [4.78, 5) is 19.4. The molecule has 0 aliphatic carbocycles. The Hall–Kier alpha value is -3.74. The lowest BCUT2D eigenvalue weighted by atomic mass is 9.89. The minimum absolute atomic E-state index is 0.107. The summed E-state index contributed by atoms with van der Waals surface area (Å²) in [6.07, 6.45) is 1.92. The number of rotatable bonds is 5. The van der Waals surface area contributed by atoms with Crippen molar-refractivity contribution in [1.29, 1.82) is 0 Å². The summed E-state index contributed by atoms with van der Waals surface area (Å²) in [6.45, 7) is 0. The predicted octanol–water partition coefficient (Wildman–Crippen LogP) is 6.86. The van der Waals surface area contributed by atoms with Crippen LogP contribution in [0.1, 0.15) is 28.0 Å². The Morgan fingerprint density at radius 3 is 2.44 bits per heavy atom. The van der Waals surface area contributed by atoms with Crippen molar-refractivity contribution in [2.45, 2.75) is 12.1 Å². The van der Waals surface area contributed by atoms with E-state index in [1.165, 1.54) is 0 Å². The van der Waals surface area contributed by atoms with Crippen LogP contribution in [0.2, 0.25) is 10.0 Å². The molecule has 0 unspecified atom stereocenters. The number of methoxy groups -OCH3 is 2. The number of ether oxygens (including phenoxy) is 2. The van der Waals surface area contributed by atoms with Gasteiger partial charge in [0.15, 0.2) is 11.6 Å². The Morgan fingerprint density at radius 2 is 1.69 bits per heavy atom. The number of aromatic nitrogens is 3. The number of fused-ring (bicyclic) bond motifs is 5. The zero-order valence-electron chi connectivity index (χ0n) is 19.5. The van der Waals surface area contributed by atoms with Crippen LogP contribution in [0, 0.1) is 0 Å². The standard InChI is InChI=1S/C28H21Cl2N3O3/c1-35-17-10-11-24(36-2)18(13-17)27(34)26-25(16-7-4-3-5-8-16)33-23-15-20(30)19(29)14-21(23)31-28(33)22-9-6-12-32(22)26/h3-15,25-26H,1-2H3/t25-,26+/m1/s1. The van der Waals surface area contributed by atoms with Crippen LogP contribution in [-0.4, -0.2) is 34.1 Å². The molecule has 2 atom stereocenters. The monoisotopic (exact) mass is 517 g/mol. The molecule has 0 spiro atoms. The molecule has 180 valence electrons. The zero-order chi connectivity index (χ0) is 25.0. The van der Waals surface area contributed by atoms with E-state index >= 15 is 0 Å². The largest absolute Gasteiger partial charge is 0.497 e. The van der Waals surface area contributed by atoms with Gasteiger partial charge in [0.2, 0.25) is 0 Å². The van der Waals surface area contributed by atoms with Gasteiger partial charge in [0.25, 0.3) is 0 Å². The van der Waals surface area contributed by atoms with Crippen LogP contribution < -0.4 is 9.47 Å². The lowest BCUT2D eigenvalue weighted by Gasteiger charge is -2.36. The molecule has 1 aliphatic heterocycles. The maximum atomic E-state index is 14.4. The molecule has 0 saturated heterocycles. The highest BCUT2D eigenvalue weighted by Gasteiger charge is 2.41. The van der Waals surface area contributed by atoms with Gasteiger partial charge in [-0.1, -0.05) is 53.5 Å². The SMILES string of the molecule is COc1ccc(OC)c(C(=O)[C@@H]2[C@@H](c3ccccc3)n3c(nc4cc(Cl)c(Cl)cc43)-c3cccn32)c1. The van der Waals surface area contributed by atoms with Gasteiger partial charge in [-0.15, -0.1) is 0 Å². The van der Waals surface area contributed by atoms with Crippen molar-refractivity contribution < 1.29 is 14.3 Å². The number of benzene rings is 3. The van der Waals surface area contributed by atoms with Crippen LogP contribution >= 0.6 is 23.2 Å². The molecule has 2 aromatic heterocycles. The highest BCUT2D eigenvalue weighted by molar-refractivity contribution is 6.42. The fourth-order valence-corrected chi connectivity index (χ4v) is 5.40. The Morgan fingerprint density at radius 1 is 0.917 bits per heavy atom. The third-order valence-electron chi connectivity index (χ3n) is 6.70. The van der Waals surface area contributed by atoms with E-state index < -0.39 is 12.1 Å². The average Bonchev–Trinajstić information content (AvgIpc) is 3.53. The first-order valence-corrected chi connectivity index (χ1v) is 12.1. The van der Waals surface area contributed by atoms with Crippen molar-refractivity contribution in [3.63, 3.8) is 0 Å². The molecule has 36 heavy (non-hydrogen) atoms. The van der Waals surface area contributed by atoms with Crippen LogP contribution in [-0.2, 0) is 0 Å². The normalized spacial score (nSPS) is 16.4. The fourth-order valence-electron chi connectivity index (χ4n) is 5.09. The first-order chi connectivity index (χ1) is 17.5. The summed E-state index contributed by atoms with van der Waals surface area (Å²) in [5.41, 5.74) is 3.74. The number of Topliss-reactive ketones (excluding diaryl/α,β-unsaturated/α-hetero) is 1. The molecule has 0 bridgehead atoms. The Kier molecular flexibility index (Phi) is 5.51. The maximum Gasteiger partial charge on any atom is 0.191 e. The topological polar surface area (TPSA) is 58.3 Å². The third-order valence-corrected chi connectivity index (χ3v) is 7.42. The van der Waals surface area contributed by atoms with Gasteiger partial charge in [0.05, 0.1) is 52.6 Å². The van der Waals surface area contributed by atoms with Gasteiger partial charge in [0.1, 0.15) is 17.5 Å². The van der Waals surface area contributed by atoms with Crippen LogP contribution in [0.4, 0.5) is 0 Å². The summed E-state index contributed by atoms with van der Waals surface area (Å²) in [6, 6.07) is 21.6. The third kappa shape index (κ3) is 3.40. The quantitative estimate of drug-likeness (QED) is 0.239. The van der Waals surface area contributed by atoms with E-state index in [9.17, 15) is 4.79 Å². The van der Waals surface area contributed by atoms with Crippen molar-refractivity contribution in [2.24, 2.45) is 0 Å². The fraction of sp³-hybridized carbons (Fsp3) is 0.143. The molecular formula is C28H21Cl2N3O3. The van der Waals surface area contributed by atoms with Crippen molar-refractivity contribution >= 4 is 40.0 Å². The van der Waals surface area contributed by atoms with Gasteiger partial charge in [-0.2, -0.15) is 0 Å². The Bertz CT molecular complexity index is 1620. The number of imidazole rings is 1. The van der Waals surface area contributed by atoms with Crippen LogP contribution in [0.15, 0.2) is 79.0 Å². The van der Waals surface area contributed by atoms with Gasteiger partial charge >= 0.3 is 0 Å². The first kappa shape index (κ1) is 22.7. The van der Waals surface area contributed by atoms with Crippen molar-refractivity contribution in [1.82, 2.24) is 14.1 Å². The second-order valence-corrected chi connectivity index (χ2v) is 9.41. The van der Waals surface area contributed by atoms with Crippen molar-refractivity contribution in [3.05, 3.63) is 100 Å². The zero-order valence-corrected chi connectivity index (χ0v) is 21.0. The molecular weight excluding hydrogens is 497 g/mol. The number of halogens is 2. The molecule has 8 heteroatoms. The highest BCUT2D eigenvalue weighted by Crippen LogP contribution is 2.46. The summed E-state index contributed by atoms with van der Waals surface area (Å²) in [5, 5.41) is 0.858. The highest BCUT2D eigenvalue weighted by atomic mass is 35.5. The van der Waals surface area contributed by atoms with Gasteiger partial charge in [-0.05, 0) is 48.0 Å². The van der Waals surface area contributed by atoms with E-state index in [2.05, 4.69) is 4.57 Å². The molecule has 3 aromatic carbocycles. The summed E-state index contributed by atoms with van der Waals surface area (Å²) < 4.78 is 15.1. The molecule has 3 heterocycles. The number of hydrogen-bond donors (Lipinski definition) is 0. The van der Waals surface area contributed by atoms with E-state index in [0.29, 0.717) is 32.6 Å². The molecule has 1 aliphatic rings. The molecule has 0 saturated carbocycles. The molecule has 0 N–H and O–H groups in total. The van der Waals surface area contributed by atoms with E-state index in [0.717, 1.165) is 22.6 Å². The molecule has 6 rings (SSSR count). The summed E-state index contributed by atoms with van der Waals surface area (Å²) in [7, 11) is 3.13. The minimum Gasteiger partial charge on any atom is -0.497 e. The first-order valence-electron chi connectivity index (χ1n) is 11.4. The van der Waals surface area contributed by atoms with E-state index in [-0.39, 0.29) is 5.78 Å². The Balaban J connectivity index is 1.66. The number of carbonyl (C=O) groups is 1. The van der Waals surface area contributed by atoms with Crippen LogP contribution in [0.3, 0.4) is 0 Å². The average molecular weight is 518 g/mol. The minimum atomic E-state index is -0.627. The second kappa shape index (κ2) is 8.73. The van der Waals surface area contributed by atoms with E-state index in [4.69, 9.17) is 37.7 Å². The lowest BCUT2D eigenvalue weighted by molar-refractivity contribution is 0.0891. The Labute approximate surface area is 217 Å². The van der Waals surface area contributed by atoms with Crippen molar-refractivity contribution in [2.75, 3.05) is 14.2 Å². The molecule has 0 amide bonds. The number of ketones is 1. The molecule has 0 fully saturated rings. The second-order valence-electron chi connectivity index (χ2n) is 8.59. The number of nitrogens with zero attached hydrogens (tertiary/aromatic N) is 3. The molecule has 6 nitrogen and oxygen atoms in total. The predicted molar refractivity (Wildman–Crippen MR) is 141 cm³/mol.